The summed E-state index contributed by atoms with van der Waals surface area (Å²) in [5.41, 5.74) is 0. The summed E-state index contributed by atoms with van der Waals surface area (Å²) in [5.74, 6) is 0. The molecular weight excluding hydrogens is 166 g/mol. The second-order valence-corrected chi connectivity index (χ2v) is 3.62. The Bertz CT molecular complexity index is 185. The fourth-order valence-electron chi connectivity index (χ4n) is 1.73. The quantitative estimate of drug-likeness (QED) is 0.563. The van der Waals surface area contributed by atoms with Crippen molar-refractivity contribution in [2.75, 3.05) is 0 Å². The van der Waals surface area contributed by atoms with Gasteiger partial charge in [0.05, 0.1) is 11.4 Å². The van der Waals surface area contributed by atoms with Crippen molar-refractivity contribution in [1.29, 1.82) is 0 Å². The molecule has 1 saturated carbocycles. The minimum Gasteiger partial charge on any atom is -0.444 e. The maximum absolute atomic E-state index is 10.8. The van der Waals surface area contributed by atoms with Gasteiger partial charge in [-0.1, -0.05) is 0 Å². The molecule has 2 rings (SSSR count). The van der Waals surface area contributed by atoms with Gasteiger partial charge >= 0.3 is 6.09 Å². The molecule has 1 aliphatic heterocycles. The molecule has 0 aromatic heterocycles. The van der Waals surface area contributed by atoms with Gasteiger partial charge in [0.2, 0.25) is 0 Å². The number of hydrogen-bond acceptors (Lipinski definition) is 2. The molecule has 3 nitrogen and oxygen atoms in total. The molecule has 62 valence electrons. The number of carbonyl (C=O) groups excluding carboxylic acids is 1. The summed E-state index contributed by atoms with van der Waals surface area (Å²) in [7, 11) is 0. The SMILES string of the molecule is O=C1N[C@@H]2[C@H](Cl)CCC[C@@H]2O1. The van der Waals surface area contributed by atoms with Gasteiger partial charge < -0.3 is 10.1 Å². The highest BCUT2D eigenvalue weighted by atomic mass is 35.5. The van der Waals surface area contributed by atoms with Crippen molar-refractivity contribution in [1.82, 2.24) is 5.32 Å². The van der Waals surface area contributed by atoms with Gasteiger partial charge in [0.1, 0.15) is 6.10 Å². The molecule has 1 N–H and O–H groups in total. The van der Waals surface area contributed by atoms with Crippen LogP contribution in [0, 0.1) is 0 Å². The summed E-state index contributed by atoms with van der Waals surface area (Å²) in [6.07, 6.45) is 2.70. The second-order valence-electron chi connectivity index (χ2n) is 3.06. The van der Waals surface area contributed by atoms with Gasteiger partial charge in [-0.05, 0) is 19.3 Å². The van der Waals surface area contributed by atoms with Crippen LogP contribution in [0.2, 0.25) is 0 Å². The Morgan fingerprint density at radius 2 is 2.36 bits per heavy atom. The van der Waals surface area contributed by atoms with E-state index >= 15 is 0 Å². The zero-order valence-corrected chi connectivity index (χ0v) is 6.80. The third-order valence-corrected chi connectivity index (χ3v) is 2.79. The number of alkyl carbamates (subject to hydrolysis) is 1. The van der Waals surface area contributed by atoms with Gasteiger partial charge in [0, 0.05) is 0 Å². The van der Waals surface area contributed by atoms with Crippen molar-refractivity contribution in [2.45, 2.75) is 36.8 Å². The molecule has 1 heterocycles. The average Bonchev–Trinajstić information content (AvgIpc) is 2.31. The number of hydrogen-bond donors (Lipinski definition) is 1. The summed E-state index contributed by atoms with van der Waals surface area (Å²) in [6, 6.07) is 0.0536. The summed E-state index contributed by atoms with van der Waals surface area (Å²) >= 11 is 5.99. The van der Waals surface area contributed by atoms with Crippen LogP contribution in [0.15, 0.2) is 0 Å². The molecule has 1 saturated heterocycles. The number of halogens is 1. The van der Waals surface area contributed by atoms with Gasteiger partial charge in [-0.15, -0.1) is 11.6 Å². The minimum atomic E-state index is -0.312. The number of nitrogens with one attached hydrogen (secondary N) is 1. The van der Waals surface area contributed by atoms with E-state index in [-0.39, 0.29) is 23.6 Å². The molecule has 0 unspecified atom stereocenters. The van der Waals surface area contributed by atoms with E-state index in [1.165, 1.54) is 0 Å². The zero-order valence-electron chi connectivity index (χ0n) is 6.05. The highest BCUT2D eigenvalue weighted by Crippen LogP contribution is 2.28. The van der Waals surface area contributed by atoms with Gasteiger partial charge in [-0.25, -0.2) is 4.79 Å². The molecule has 3 atom stereocenters. The van der Waals surface area contributed by atoms with Crippen LogP contribution in [-0.4, -0.2) is 23.6 Å². The van der Waals surface area contributed by atoms with Crippen molar-refractivity contribution in [2.24, 2.45) is 0 Å². The number of rotatable bonds is 0. The maximum Gasteiger partial charge on any atom is 0.407 e. The molecule has 0 aromatic rings. The van der Waals surface area contributed by atoms with E-state index in [4.69, 9.17) is 16.3 Å². The molecule has 2 aliphatic rings. The van der Waals surface area contributed by atoms with Gasteiger partial charge in [0.25, 0.3) is 0 Å². The molecule has 1 aliphatic carbocycles. The van der Waals surface area contributed by atoms with Crippen molar-refractivity contribution < 1.29 is 9.53 Å². The van der Waals surface area contributed by atoms with Crippen molar-refractivity contribution in [3.05, 3.63) is 0 Å². The third kappa shape index (κ3) is 1.18. The van der Waals surface area contributed by atoms with Crippen LogP contribution < -0.4 is 5.32 Å². The zero-order chi connectivity index (χ0) is 7.84. The summed E-state index contributed by atoms with van der Waals surface area (Å²) in [5, 5.41) is 2.77. The summed E-state index contributed by atoms with van der Waals surface area (Å²) in [6.45, 7) is 0. The van der Waals surface area contributed by atoms with Crippen molar-refractivity contribution >= 4 is 17.7 Å². The first-order chi connectivity index (χ1) is 5.27. The Labute approximate surface area is 70.0 Å². The molecular formula is C7H10ClNO2. The number of carbonyl (C=O) groups is 1. The Kier molecular flexibility index (Phi) is 1.68. The Morgan fingerprint density at radius 1 is 1.55 bits per heavy atom. The molecule has 1 amide bonds. The lowest BCUT2D eigenvalue weighted by molar-refractivity contribution is 0.114. The van der Waals surface area contributed by atoms with E-state index < -0.39 is 0 Å². The summed E-state index contributed by atoms with van der Waals surface area (Å²) < 4.78 is 5.00. The predicted octanol–water partition coefficient (Wildman–Crippen LogP) is 1.25. The number of ether oxygens (including phenoxy) is 1. The van der Waals surface area contributed by atoms with Crippen LogP contribution in [0.1, 0.15) is 19.3 Å². The lowest BCUT2D eigenvalue weighted by atomic mass is 9.93. The smallest absolute Gasteiger partial charge is 0.407 e. The Hall–Kier alpha value is -0.440. The fraction of sp³-hybridized carbons (Fsp3) is 0.857. The second kappa shape index (κ2) is 2.55. The molecule has 4 heteroatoms. The Morgan fingerprint density at radius 3 is 3.09 bits per heavy atom. The normalized spacial score (nSPS) is 42.6. The van der Waals surface area contributed by atoms with Crippen LogP contribution in [-0.2, 0) is 4.74 Å². The van der Waals surface area contributed by atoms with Crippen molar-refractivity contribution in [3.63, 3.8) is 0 Å². The maximum atomic E-state index is 10.8. The third-order valence-electron chi connectivity index (χ3n) is 2.30. The van der Waals surface area contributed by atoms with Crippen LogP contribution >= 0.6 is 11.6 Å². The molecule has 2 fully saturated rings. The summed E-state index contributed by atoms with van der Waals surface area (Å²) in [4.78, 5) is 10.8. The lowest BCUT2D eigenvalue weighted by Crippen LogP contribution is -2.42. The van der Waals surface area contributed by atoms with E-state index in [2.05, 4.69) is 5.32 Å². The highest BCUT2D eigenvalue weighted by Gasteiger charge is 2.40. The van der Waals surface area contributed by atoms with E-state index in [0.717, 1.165) is 19.3 Å². The number of fused-ring (bicyclic) bond motifs is 1. The minimum absolute atomic E-state index is 0.0266. The molecule has 11 heavy (non-hydrogen) atoms. The van der Waals surface area contributed by atoms with Crippen LogP contribution in [0.5, 0.6) is 0 Å². The lowest BCUT2D eigenvalue weighted by Gasteiger charge is -2.26. The van der Waals surface area contributed by atoms with Crippen LogP contribution in [0.25, 0.3) is 0 Å². The Balaban J connectivity index is 2.09. The number of amides is 1. The molecule has 0 spiro atoms. The molecule has 0 radical (unpaired) electrons. The van der Waals surface area contributed by atoms with E-state index in [0.29, 0.717) is 0 Å². The van der Waals surface area contributed by atoms with E-state index in [1.54, 1.807) is 0 Å². The standard InChI is InChI=1S/C7H10ClNO2/c8-4-2-1-3-5-6(4)9-7(10)11-5/h4-6H,1-3H2,(H,9,10)/t4-,5+,6-/m1/s1. The van der Waals surface area contributed by atoms with E-state index in [9.17, 15) is 4.79 Å². The van der Waals surface area contributed by atoms with E-state index in [1.807, 2.05) is 0 Å². The number of alkyl halides is 1. The molecule has 0 aromatic carbocycles. The first-order valence-electron chi connectivity index (χ1n) is 3.88. The topological polar surface area (TPSA) is 38.3 Å². The largest absolute Gasteiger partial charge is 0.444 e. The van der Waals surface area contributed by atoms with Gasteiger partial charge in [-0.3, -0.25) is 0 Å². The predicted molar refractivity (Wildman–Crippen MR) is 40.7 cm³/mol. The average molecular weight is 176 g/mol. The van der Waals surface area contributed by atoms with Gasteiger partial charge in [0.15, 0.2) is 0 Å². The van der Waals surface area contributed by atoms with Crippen molar-refractivity contribution in [3.8, 4) is 0 Å². The highest BCUT2D eigenvalue weighted by molar-refractivity contribution is 6.21. The fourth-order valence-corrected chi connectivity index (χ4v) is 2.11. The first kappa shape index (κ1) is 7.22. The molecule has 0 bridgehead atoms. The monoisotopic (exact) mass is 175 g/mol. The van der Waals surface area contributed by atoms with Gasteiger partial charge in [-0.2, -0.15) is 0 Å². The van der Waals surface area contributed by atoms with Crippen LogP contribution in [0.3, 0.4) is 0 Å². The first-order valence-corrected chi connectivity index (χ1v) is 4.32. The van der Waals surface area contributed by atoms with Crippen LogP contribution in [0.4, 0.5) is 4.79 Å².